The smallest absolute Gasteiger partial charge is 0.192 e. The van der Waals surface area contributed by atoms with Gasteiger partial charge in [-0.3, -0.25) is 0 Å². The van der Waals surface area contributed by atoms with Crippen LogP contribution in [0.2, 0.25) is 0 Å². The molecule has 0 saturated carbocycles. The van der Waals surface area contributed by atoms with Crippen LogP contribution in [-0.4, -0.2) is 24.6 Å². The van der Waals surface area contributed by atoms with E-state index in [1.165, 1.54) is 10.4 Å². The second-order valence-corrected chi connectivity index (χ2v) is 7.34. The molecule has 0 saturated heterocycles. The van der Waals surface area contributed by atoms with Gasteiger partial charge in [-0.25, -0.2) is 9.98 Å². The van der Waals surface area contributed by atoms with Gasteiger partial charge in [-0.1, -0.05) is 17.7 Å². The van der Waals surface area contributed by atoms with Gasteiger partial charge in [-0.05, 0) is 40.7 Å². The zero-order valence-corrected chi connectivity index (χ0v) is 19.5. The number of ether oxygens (including phenoxy) is 1. The predicted octanol–water partition coefficient (Wildman–Crippen LogP) is 4.51. The van der Waals surface area contributed by atoms with E-state index >= 15 is 0 Å². The summed E-state index contributed by atoms with van der Waals surface area (Å²) in [5.41, 5.74) is 3.40. The van der Waals surface area contributed by atoms with Gasteiger partial charge in [0.15, 0.2) is 5.96 Å². The Morgan fingerprint density at radius 2 is 2.04 bits per heavy atom. The van der Waals surface area contributed by atoms with Crippen LogP contribution in [-0.2, 0) is 6.54 Å². The zero-order valence-electron chi connectivity index (χ0n) is 16.3. The van der Waals surface area contributed by atoms with Crippen molar-refractivity contribution in [2.45, 2.75) is 47.2 Å². The third kappa shape index (κ3) is 6.12. The monoisotopic (exact) mass is 488 g/mol. The largest absolute Gasteiger partial charge is 0.496 e. The molecule has 0 fully saturated rings. The average Bonchev–Trinajstić information content (AvgIpc) is 2.90. The quantitative estimate of drug-likeness (QED) is 0.357. The first-order valence-electron chi connectivity index (χ1n) is 8.56. The highest BCUT2D eigenvalue weighted by molar-refractivity contribution is 14.0. The fourth-order valence-corrected chi connectivity index (χ4v) is 3.53. The Kier molecular flexibility index (Phi) is 9.35. The lowest BCUT2D eigenvalue weighted by Crippen LogP contribution is -2.38. The molecule has 1 heterocycles. The van der Waals surface area contributed by atoms with Crippen LogP contribution in [0.25, 0.3) is 0 Å². The number of aromatic nitrogens is 1. The second kappa shape index (κ2) is 10.7. The van der Waals surface area contributed by atoms with Gasteiger partial charge in [-0.15, -0.1) is 35.3 Å². The minimum atomic E-state index is 0. The van der Waals surface area contributed by atoms with E-state index in [1.807, 2.05) is 19.9 Å². The summed E-state index contributed by atoms with van der Waals surface area (Å²) in [6, 6.07) is 6.30. The molecule has 2 aromatic rings. The third-order valence-corrected chi connectivity index (χ3v) is 4.99. The number of methoxy groups -OCH3 is 1. The van der Waals surface area contributed by atoms with Gasteiger partial charge in [0.1, 0.15) is 5.75 Å². The first-order chi connectivity index (χ1) is 11.9. The molecule has 2 N–H and O–H groups in total. The highest BCUT2D eigenvalue weighted by atomic mass is 127. The highest BCUT2D eigenvalue weighted by Gasteiger charge is 2.13. The zero-order chi connectivity index (χ0) is 18.4. The maximum Gasteiger partial charge on any atom is 0.192 e. The lowest BCUT2D eigenvalue weighted by Gasteiger charge is -2.20. The molecule has 26 heavy (non-hydrogen) atoms. The van der Waals surface area contributed by atoms with Crippen molar-refractivity contribution in [3.63, 3.8) is 0 Å². The molecule has 0 aliphatic carbocycles. The van der Waals surface area contributed by atoms with Crippen molar-refractivity contribution < 1.29 is 4.74 Å². The number of aliphatic imine (C=N–C) groups is 1. The Bertz CT molecular complexity index is 745. The summed E-state index contributed by atoms with van der Waals surface area (Å²) in [6.07, 6.45) is 0. The van der Waals surface area contributed by atoms with Gasteiger partial charge in [0.25, 0.3) is 0 Å². The lowest BCUT2D eigenvalue weighted by atomic mass is 10.0. The number of hydrogen-bond acceptors (Lipinski definition) is 4. The van der Waals surface area contributed by atoms with Crippen molar-refractivity contribution in [2.24, 2.45) is 4.99 Å². The summed E-state index contributed by atoms with van der Waals surface area (Å²) >= 11 is 1.70. The molecule has 7 heteroatoms. The van der Waals surface area contributed by atoms with Crippen LogP contribution in [0.5, 0.6) is 5.75 Å². The van der Waals surface area contributed by atoms with Gasteiger partial charge < -0.3 is 15.4 Å². The molecule has 1 unspecified atom stereocenters. The Hall–Kier alpha value is -1.35. The number of rotatable bonds is 6. The van der Waals surface area contributed by atoms with Gasteiger partial charge in [-0.2, -0.15) is 0 Å². The topological polar surface area (TPSA) is 58.5 Å². The van der Waals surface area contributed by atoms with Gasteiger partial charge in [0, 0.05) is 17.0 Å². The van der Waals surface area contributed by atoms with Crippen LogP contribution >= 0.6 is 35.3 Å². The Morgan fingerprint density at radius 1 is 1.31 bits per heavy atom. The lowest BCUT2D eigenvalue weighted by molar-refractivity contribution is 0.405. The molecule has 0 aliphatic rings. The molecule has 1 atom stereocenters. The summed E-state index contributed by atoms with van der Waals surface area (Å²) in [5.74, 6) is 1.68. The van der Waals surface area contributed by atoms with E-state index in [4.69, 9.17) is 9.73 Å². The first-order valence-corrected chi connectivity index (χ1v) is 9.38. The van der Waals surface area contributed by atoms with E-state index in [2.05, 4.69) is 48.5 Å². The Morgan fingerprint density at radius 3 is 2.62 bits per heavy atom. The molecule has 2 rings (SSSR count). The summed E-state index contributed by atoms with van der Waals surface area (Å²) in [4.78, 5) is 10.4. The van der Waals surface area contributed by atoms with Crippen molar-refractivity contribution in [3.05, 3.63) is 44.9 Å². The minimum absolute atomic E-state index is 0. The van der Waals surface area contributed by atoms with E-state index in [-0.39, 0.29) is 30.0 Å². The molecule has 5 nitrogen and oxygen atoms in total. The van der Waals surface area contributed by atoms with Crippen LogP contribution in [0.15, 0.2) is 23.2 Å². The van der Waals surface area contributed by atoms with Crippen molar-refractivity contribution in [2.75, 3.05) is 13.7 Å². The number of nitrogens with zero attached hydrogens (tertiary/aromatic N) is 2. The molecule has 144 valence electrons. The summed E-state index contributed by atoms with van der Waals surface area (Å²) in [5, 5.41) is 7.87. The Labute approximate surface area is 177 Å². The standard InChI is InChI=1S/C19H28N4OS.HI/c1-7-20-19(21-11-18-14(4)22-15(5)25-18)23-13(3)16-10-12(2)8-9-17(16)24-6;/h8-10,13H,7,11H2,1-6H3,(H2,20,21,23);1H. The van der Waals surface area contributed by atoms with Crippen molar-refractivity contribution >= 4 is 41.3 Å². The normalized spacial score (nSPS) is 12.3. The summed E-state index contributed by atoms with van der Waals surface area (Å²) < 4.78 is 5.50. The first kappa shape index (κ1) is 22.7. The number of guanidine groups is 1. The SMILES string of the molecule is CCNC(=NCc1sc(C)nc1C)NC(C)c1cc(C)ccc1OC.I. The predicted molar refractivity (Wildman–Crippen MR) is 121 cm³/mol. The number of thiazole rings is 1. The molecule has 0 bridgehead atoms. The summed E-state index contributed by atoms with van der Waals surface area (Å²) in [7, 11) is 1.70. The van der Waals surface area contributed by atoms with Crippen LogP contribution < -0.4 is 15.4 Å². The summed E-state index contributed by atoms with van der Waals surface area (Å²) in [6.45, 7) is 11.8. The van der Waals surface area contributed by atoms with E-state index in [0.29, 0.717) is 6.54 Å². The minimum Gasteiger partial charge on any atom is -0.496 e. The highest BCUT2D eigenvalue weighted by Crippen LogP contribution is 2.26. The van der Waals surface area contributed by atoms with E-state index in [0.717, 1.165) is 34.5 Å². The fraction of sp³-hybridized carbons (Fsp3) is 0.474. The number of benzene rings is 1. The molecular weight excluding hydrogens is 459 g/mol. The number of aryl methyl sites for hydroxylation is 3. The van der Waals surface area contributed by atoms with Crippen LogP contribution in [0.3, 0.4) is 0 Å². The maximum absolute atomic E-state index is 5.50. The maximum atomic E-state index is 5.50. The second-order valence-electron chi connectivity index (χ2n) is 6.05. The van der Waals surface area contributed by atoms with E-state index in [1.54, 1.807) is 18.4 Å². The van der Waals surface area contributed by atoms with E-state index < -0.39 is 0 Å². The van der Waals surface area contributed by atoms with Gasteiger partial charge >= 0.3 is 0 Å². The number of hydrogen-bond donors (Lipinski definition) is 2. The van der Waals surface area contributed by atoms with Gasteiger partial charge in [0.05, 0.1) is 30.4 Å². The van der Waals surface area contributed by atoms with Gasteiger partial charge in [0.2, 0.25) is 0 Å². The average molecular weight is 488 g/mol. The van der Waals surface area contributed by atoms with E-state index in [9.17, 15) is 0 Å². The molecule has 0 amide bonds. The van der Waals surface area contributed by atoms with Crippen molar-refractivity contribution in [3.8, 4) is 5.75 Å². The molecule has 1 aromatic carbocycles. The fourth-order valence-electron chi connectivity index (χ4n) is 2.67. The third-order valence-electron chi connectivity index (χ3n) is 3.93. The molecule has 1 aromatic heterocycles. The molecule has 0 spiro atoms. The van der Waals surface area contributed by atoms with Crippen LogP contribution in [0.4, 0.5) is 0 Å². The van der Waals surface area contributed by atoms with Crippen LogP contribution in [0.1, 0.15) is 46.6 Å². The van der Waals surface area contributed by atoms with Crippen molar-refractivity contribution in [1.82, 2.24) is 15.6 Å². The van der Waals surface area contributed by atoms with Crippen LogP contribution in [0, 0.1) is 20.8 Å². The molecule has 0 aliphatic heterocycles. The van der Waals surface area contributed by atoms with Crippen molar-refractivity contribution in [1.29, 1.82) is 0 Å². The molecule has 0 radical (unpaired) electrons. The number of halogens is 1. The molecular formula is C19H29IN4OS. The number of nitrogens with one attached hydrogen (secondary N) is 2. The Balaban J connectivity index is 0.00000338.